The molecule has 2 heteroatoms. The fourth-order valence-corrected chi connectivity index (χ4v) is 4.98. The molecular formula is C39H32N2. The van der Waals surface area contributed by atoms with Gasteiger partial charge >= 0.3 is 0 Å². The van der Waals surface area contributed by atoms with Crippen LogP contribution >= 0.6 is 0 Å². The molecular weight excluding hydrogens is 496 g/mol. The van der Waals surface area contributed by atoms with Crippen LogP contribution < -0.4 is 9.80 Å². The van der Waals surface area contributed by atoms with Crippen molar-refractivity contribution in [2.75, 3.05) is 9.80 Å². The molecule has 6 aromatic rings. The molecule has 0 saturated carbocycles. The number of rotatable bonds is 8. The Balaban J connectivity index is 1.22. The molecule has 0 bridgehead atoms. The molecule has 198 valence electrons. The van der Waals surface area contributed by atoms with Crippen LogP contribution in [-0.2, 0) is 0 Å². The largest absolute Gasteiger partial charge is 0.311 e. The third-order valence-electron chi connectivity index (χ3n) is 7.11. The fourth-order valence-electron chi connectivity index (χ4n) is 4.98. The van der Waals surface area contributed by atoms with E-state index in [1.165, 1.54) is 5.56 Å². The number of hydrogen-bond donors (Lipinski definition) is 0. The van der Waals surface area contributed by atoms with Crippen LogP contribution in [0.3, 0.4) is 0 Å². The number of hydrogen-bond acceptors (Lipinski definition) is 2. The first-order valence-electron chi connectivity index (χ1n) is 13.9. The van der Waals surface area contributed by atoms with Crippen LogP contribution in [0.25, 0.3) is 12.2 Å². The first-order chi connectivity index (χ1) is 20.2. The van der Waals surface area contributed by atoms with Crippen LogP contribution in [-0.4, -0.2) is 0 Å². The number of nitrogens with zero attached hydrogens (tertiary/aromatic N) is 2. The van der Waals surface area contributed by atoms with E-state index in [1.54, 1.807) is 0 Å². The Kier molecular flexibility index (Phi) is 7.73. The van der Waals surface area contributed by atoms with Gasteiger partial charge < -0.3 is 9.80 Å². The summed E-state index contributed by atoms with van der Waals surface area (Å²) in [4.78, 5) is 4.57. The quantitative estimate of drug-likeness (QED) is 0.181. The van der Waals surface area contributed by atoms with Crippen molar-refractivity contribution in [2.45, 2.75) is 6.92 Å². The van der Waals surface area contributed by atoms with Crippen molar-refractivity contribution < 1.29 is 0 Å². The monoisotopic (exact) mass is 528 g/mol. The van der Waals surface area contributed by atoms with Gasteiger partial charge in [0.25, 0.3) is 0 Å². The second-order valence-corrected chi connectivity index (χ2v) is 10.0. The molecule has 0 saturated heterocycles. The normalized spacial score (nSPS) is 11.0. The van der Waals surface area contributed by atoms with Crippen molar-refractivity contribution in [1.82, 2.24) is 0 Å². The topological polar surface area (TPSA) is 6.48 Å². The van der Waals surface area contributed by atoms with E-state index in [0.717, 1.165) is 45.3 Å². The van der Waals surface area contributed by atoms with Gasteiger partial charge in [-0.1, -0.05) is 109 Å². The molecule has 6 rings (SSSR count). The van der Waals surface area contributed by atoms with E-state index in [0.29, 0.717) is 0 Å². The molecule has 41 heavy (non-hydrogen) atoms. The minimum Gasteiger partial charge on any atom is -0.311 e. The Morgan fingerprint density at radius 2 is 0.585 bits per heavy atom. The Labute approximate surface area is 243 Å². The molecule has 0 aliphatic rings. The summed E-state index contributed by atoms with van der Waals surface area (Å²) in [5, 5.41) is 0. The van der Waals surface area contributed by atoms with Gasteiger partial charge in [0.15, 0.2) is 0 Å². The number of para-hydroxylation sites is 3. The highest BCUT2D eigenvalue weighted by Crippen LogP contribution is 2.36. The Bertz CT molecular complexity index is 1650. The van der Waals surface area contributed by atoms with Crippen molar-refractivity contribution >= 4 is 46.3 Å². The molecule has 0 aliphatic carbocycles. The van der Waals surface area contributed by atoms with Crippen LogP contribution in [0.4, 0.5) is 34.1 Å². The van der Waals surface area contributed by atoms with Crippen molar-refractivity contribution in [3.8, 4) is 0 Å². The molecule has 0 radical (unpaired) electrons. The average molecular weight is 529 g/mol. The number of benzene rings is 6. The summed E-state index contributed by atoms with van der Waals surface area (Å²) in [5.41, 5.74) is 10.4. The number of anilines is 6. The molecule has 0 atom stereocenters. The highest BCUT2D eigenvalue weighted by atomic mass is 15.1. The second-order valence-electron chi connectivity index (χ2n) is 10.0. The summed E-state index contributed by atoms with van der Waals surface area (Å²) in [6.45, 7) is 2.12. The molecule has 0 N–H and O–H groups in total. The maximum Gasteiger partial charge on any atom is 0.0462 e. The predicted molar refractivity (Wildman–Crippen MR) is 176 cm³/mol. The first-order valence-corrected chi connectivity index (χ1v) is 13.9. The smallest absolute Gasteiger partial charge is 0.0462 e. The molecule has 0 aromatic heterocycles. The lowest BCUT2D eigenvalue weighted by Gasteiger charge is -2.25. The van der Waals surface area contributed by atoms with Gasteiger partial charge in [-0.05, 0) is 90.8 Å². The zero-order valence-corrected chi connectivity index (χ0v) is 23.1. The summed E-state index contributed by atoms with van der Waals surface area (Å²) in [6.07, 6.45) is 4.34. The van der Waals surface area contributed by atoms with Gasteiger partial charge in [0.05, 0.1) is 0 Å². The first kappa shape index (κ1) is 25.9. The maximum atomic E-state index is 2.29. The zero-order chi connectivity index (χ0) is 27.9. The van der Waals surface area contributed by atoms with Gasteiger partial charge in [0.2, 0.25) is 0 Å². The molecule has 0 aliphatic heterocycles. The minimum absolute atomic E-state index is 1.13. The highest BCUT2D eigenvalue weighted by molar-refractivity contribution is 5.80. The molecule has 2 nitrogen and oxygen atoms in total. The van der Waals surface area contributed by atoms with Gasteiger partial charge in [-0.15, -0.1) is 0 Å². The standard InChI is InChI=1S/C39H32N2/c1-31-17-25-37(26-18-31)41(36-15-9-4-10-16-36)39-29-23-33(24-30-39)20-19-32-21-27-38(28-22-32)40(34-11-5-2-6-12-34)35-13-7-3-8-14-35/h2-30H,1H3. The van der Waals surface area contributed by atoms with Crippen molar-refractivity contribution in [3.05, 3.63) is 180 Å². The van der Waals surface area contributed by atoms with E-state index >= 15 is 0 Å². The van der Waals surface area contributed by atoms with E-state index in [9.17, 15) is 0 Å². The summed E-state index contributed by atoms with van der Waals surface area (Å²) >= 11 is 0. The third-order valence-corrected chi connectivity index (χ3v) is 7.11. The molecule has 0 fully saturated rings. The van der Waals surface area contributed by atoms with Crippen LogP contribution in [0, 0.1) is 6.92 Å². The van der Waals surface area contributed by atoms with Gasteiger partial charge in [-0.25, -0.2) is 0 Å². The number of aryl methyl sites for hydroxylation is 1. The minimum atomic E-state index is 1.13. The van der Waals surface area contributed by atoms with E-state index in [-0.39, 0.29) is 0 Å². The summed E-state index contributed by atoms with van der Waals surface area (Å²) in [5.74, 6) is 0. The van der Waals surface area contributed by atoms with E-state index in [2.05, 4.69) is 193 Å². The second kappa shape index (κ2) is 12.2. The van der Waals surface area contributed by atoms with Crippen LogP contribution in [0.5, 0.6) is 0 Å². The molecule has 0 amide bonds. The zero-order valence-electron chi connectivity index (χ0n) is 23.1. The summed E-state index contributed by atoms with van der Waals surface area (Å²) in [6, 6.07) is 57.6. The lowest BCUT2D eigenvalue weighted by molar-refractivity contribution is 1.27. The summed E-state index contributed by atoms with van der Waals surface area (Å²) in [7, 11) is 0. The van der Waals surface area contributed by atoms with Crippen LogP contribution in [0.2, 0.25) is 0 Å². The molecule has 0 unspecified atom stereocenters. The molecule has 6 aromatic carbocycles. The van der Waals surface area contributed by atoms with E-state index in [1.807, 2.05) is 0 Å². The lowest BCUT2D eigenvalue weighted by atomic mass is 10.1. The highest BCUT2D eigenvalue weighted by Gasteiger charge is 2.13. The van der Waals surface area contributed by atoms with Gasteiger partial charge in [0, 0.05) is 34.1 Å². The Hall–Kier alpha value is -5.34. The molecule has 0 heterocycles. The van der Waals surface area contributed by atoms with Gasteiger partial charge in [-0.3, -0.25) is 0 Å². The lowest BCUT2D eigenvalue weighted by Crippen LogP contribution is -2.09. The van der Waals surface area contributed by atoms with Gasteiger partial charge in [0.1, 0.15) is 0 Å². The molecule has 0 spiro atoms. The Morgan fingerprint density at radius 1 is 0.317 bits per heavy atom. The average Bonchev–Trinajstić information content (AvgIpc) is 3.04. The van der Waals surface area contributed by atoms with Crippen LogP contribution in [0.15, 0.2) is 164 Å². The van der Waals surface area contributed by atoms with Crippen molar-refractivity contribution in [2.24, 2.45) is 0 Å². The van der Waals surface area contributed by atoms with E-state index < -0.39 is 0 Å². The van der Waals surface area contributed by atoms with E-state index in [4.69, 9.17) is 0 Å². The van der Waals surface area contributed by atoms with Crippen LogP contribution in [0.1, 0.15) is 16.7 Å². The summed E-state index contributed by atoms with van der Waals surface area (Å²) < 4.78 is 0. The van der Waals surface area contributed by atoms with Crippen molar-refractivity contribution in [1.29, 1.82) is 0 Å². The van der Waals surface area contributed by atoms with Gasteiger partial charge in [-0.2, -0.15) is 0 Å². The predicted octanol–water partition coefficient (Wildman–Crippen LogP) is 11.1. The Morgan fingerprint density at radius 3 is 0.902 bits per heavy atom. The maximum absolute atomic E-state index is 2.29. The third kappa shape index (κ3) is 6.13. The SMILES string of the molecule is Cc1ccc(N(c2ccccc2)c2ccc(C=Cc3ccc(N(c4ccccc4)c4ccccc4)cc3)cc2)cc1. The van der Waals surface area contributed by atoms with Crippen molar-refractivity contribution in [3.63, 3.8) is 0 Å². The fraction of sp³-hybridized carbons (Fsp3) is 0.0256.